The molecule has 0 aliphatic heterocycles. The number of benzene rings is 2. The maximum absolute atomic E-state index is 11.7. The molecule has 2 aromatic carbocycles. The Morgan fingerprint density at radius 3 is 2.48 bits per heavy atom. The van der Waals surface area contributed by atoms with Gasteiger partial charge in [-0.3, -0.25) is 4.79 Å². The summed E-state index contributed by atoms with van der Waals surface area (Å²) in [5.74, 6) is -0.177. The number of esters is 1. The van der Waals surface area contributed by atoms with Gasteiger partial charge in [0.2, 0.25) is 0 Å². The lowest BCUT2D eigenvalue weighted by Gasteiger charge is -2.17. The molecule has 0 saturated heterocycles. The zero-order valence-corrected chi connectivity index (χ0v) is 12.5. The number of carbonyl (C=O) groups excluding carboxylic acids is 1. The van der Waals surface area contributed by atoms with E-state index in [-0.39, 0.29) is 11.9 Å². The van der Waals surface area contributed by atoms with E-state index in [1.165, 1.54) is 7.11 Å². The normalized spacial score (nSPS) is 12.3. The number of ether oxygens (including phenoxy) is 1. The Hall–Kier alpha value is -2.35. The van der Waals surface area contributed by atoms with Crippen molar-refractivity contribution in [2.75, 3.05) is 7.11 Å². The zero-order valence-electron chi connectivity index (χ0n) is 12.5. The van der Waals surface area contributed by atoms with Gasteiger partial charge in [0.15, 0.2) is 0 Å². The largest absolute Gasteiger partial charge is 0.469 e. The Kier molecular flexibility index (Phi) is 5.33. The molecule has 0 fully saturated rings. The van der Waals surface area contributed by atoms with E-state index in [9.17, 15) is 4.79 Å². The minimum Gasteiger partial charge on any atom is -0.469 e. The van der Waals surface area contributed by atoms with Crippen LogP contribution in [-0.2, 0) is 9.53 Å². The van der Waals surface area contributed by atoms with Crippen LogP contribution in [0, 0.1) is 0 Å². The second-order valence-corrected chi connectivity index (χ2v) is 4.91. The smallest absolute Gasteiger partial charge is 0.306 e. The average Bonchev–Trinajstić information content (AvgIpc) is 2.53. The molecule has 2 rings (SSSR count). The summed E-state index contributed by atoms with van der Waals surface area (Å²) in [7, 11) is 1.43. The van der Waals surface area contributed by atoms with Crippen molar-refractivity contribution in [3.05, 3.63) is 77.4 Å². The fraction of sp³-hybridized carbons (Fsp3) is 0.211. The minimum atomic E-state index is -0.194. The first-order chi connectivity index (χ1) is 10.2. The molecule has 0 saturated carbocycles. The molecule has 0 N–H and O–H groups in total. The predicted octanol–water partition coefficient (Wildman–Crippen LogP) is 4.41. The third kappa shape index (κ3) is 4.06. The van der Waals surface area contributed by atoms with E-state index in [1.807, 2.05) is 37.3 Å². The molecule has 1 atom stereocenters. The summed E-state index contributed by atoms with van der Waals surface area (Å²) in [5.41, 5.74) is 3.39. The molecule has 0 aromatic heterocycles. The van der Waals surface area contributed by atoms with Gasteiger partial charge >= 0.3 is 5.97 Å². The summed E-state index contributed by atoms with van der Waals surface area (Å²) >= 11 is 0. The highest BCUT2D eigenvalue weighted by atomic mass is 16.5. The van der Waals surface area contributed by atoms with Crippen LogP contribution in [0.1, 0.15) is 36.0 Å². The van der Waals surface area contributed by atoms with E-state index in [1.54, 1.807) is 0 Å². The lowest BCUT2D eigenvalue weighted by atomic mass is 9.88. The van der Waals surface area contributed by atoms with Crippen LogP contribution in [0.15, 0.2) is 60.7 Å². The van der Waals surface area contributed by atoms with E-state index >= 15 is 0 Å². The maximum Gasteiger partial charge on any atom is 0.306 e. The van der Waals surface area contributed by atoms with Gasteiger partial charge in [-0.25, -0.2) is 0 Å². The number of methoxy groups -OCH3 is 1. The summed E-state index contributed by atoms with van der Waals surface area (Å²) in [5, 5.41) is 0. The first-order valence-corrected chi connectivity index (χ1v) is 7.09. The predicted molar refractivity (Wildman–Crippen MR) is 86.1 cm³/mol. The van der Waals surface area contributed by atoms with Crippen LogP contribution >= 0.6 is 0 Å². The Bertz CT molecular complexity index is 614. The molecule has 0 bridgehead atoms. The van der Waals surface area contributed by atoms with Crippen molar-refractivity contribution in [2.45, 2.75) is 19.3 Å². The molecule has 2 heteroatoms. The van der Waals surface area contributed by atoms with Gasteiger partial charge in [0.05, 0.1) is 13.5 Å². The van der Waals surface area contributed by atoms with Gasteiger partial charge < -0.3 is 4.74 Å². The highest BCUT2D eigenvalue weighted by Gasteiger charge is 2.18. The van der Waals surface area contributed by atoms with Crippen LogP contribution < -0.4 is 0 Å². The van der Waals surface area contributed by atoms with Crippen molar-refractivity contribution < 1.29 is 9.53 Å². The second-order valence-electron chi connectivity index (χ2n) is 4.91. The molecular weight excluding hydrogens is 260 g/mol. The number of rotatable bonds is 5. The summed E-state index contributed by atoms with van der Waals surface area (Å²) in [6.07, 6.45) is 4.42. The molecule has 0 aliphatic carbocycles. The standard InChI is InChI=1S/C19H20O2/c1-3-8-15-9-7-12-17(13-15)18(14-19(20)21-2)16-10-5-4-6-11-16/h3-13,18H,14H2,1-2H3/b8-3-. The molecule has 0 aliphatic rings. The highest BCUT2D eigenvalue weighted by molar-refractivity contribution is 5.71. The van der Waals surface area contributed by atoms with E-state index in [0.29, 0.717) is 6.42 Å². The molecule has 1 unspecified atom stereocenters. The fourth-order valence-electron chi connectivity index (χ4n) is 2.44. The quantitative estimate of drug-likeness (QED) is 0.758. The summed E-state index contributed by atoms with van der Waals surface area (Å²) < 4.78 is 4.85. The van der Waals surface area contributed by atoms with Crippen LogP contribution in [0.5, 0.6) is 0 Å². The lowest BCUT2D eigenvalue weighted by molar-refractivity contribution is -0.140. The maximum atomic E-state index is 11.7. The van der Waals surface area contributed by atoms with Crippen LogP contribution in [0.4, 0.5) is 0 Å². The van der Waals surface area contributed by atoms with Gasteiger partial charge in [0.25, 0.3) is 0 Å². The average molecular weight is 280 g/mol. The van der Waals surface area contributed by atoms with Crippen molar-refractivity contribution in [1.29, 1.82) is 0 Å². The van der Waals surface area contributed by atoms with Crippen molar-refractivity contribution in [3.8, 4) is 0 Å². The van der Waals surface area contributed by atoms with Gasteiger partial charge in [-0.2, -0.15) is 0 Å². The first kappa shape index (κ1) is 15.0. The Morgan fingerprint density at radius 2 is 1.81 bits per heavy atom. The second kappa shape index (κ2) is 7.44. The number of carbonyl (C=O) groups is 1. The van der Waals surface area contributed by atoms with E-state index in [0.717, 1.165) is 16.7 Å². The van der Waals surface area contributed by atoms with Gasteiger partial charge in [-0.05, 0) is 23.6 Å². The first-order valence-electron chi connectivity index (χ1n) is 7.09. The van der Waals surface area contributed by atoms with Crippen LogP contribution in [0.25, 0.3) is 6.08 Å². The monoisotopic (exact) mass is 280 g/mol. The molecule has 0 spiro atoms. The van der Waals surface area contributed by atoms with Crippen LogP contribution in [0.3, 0.4) is 0 Å². The van der Waals surface area contributed by atoms with Gasteiger partial charge in [0.1, 0.15) is 0 Å². The molecule has 108 valence electrons. The van der Waals surface area contributed by atoms with Crippen molar-refractivity contribution in [3.63, 3.8) is 0 Å². The summed E-state index contributed by atoms with van der Waals surface area (Å²) in [4.78, 5) is 11.7. The Balaban J connectivity index is 2.39. The van der Waals surface area contributed by atoms with Crippen LogP contribution in [-0.4, -0.2) is 13.1 Å². The van der Waals surface area contributed by atoms with E-state index in [4.69, 9.17) is 4.74 Å². The summed E-state index contributed by atoms with van der Waals surface area (Å²) in [6.45, 7) is 2.00. The molecule has 0 heterocycles. The van der Waals surface area contributed by atoms with E-state index in [2.05, 4.69) is 36.4 Å². The van der Waals surface area contributed by atoms with Gasteiger partial charge in [0, 0.05) is 5.92 Å². The Labute approximate surface area is 126 Å². The molecule has 0 amide bonds. The number of hydrogen-bond donors (Lipinski definition) is 0. The van der Waals surface area contributed by atoms with Crippen molar-refractivity contribution in [1.82, 2.24) is 0 Å². The van der Waals surface area contributed by atoms with Crippen molar-refractivity contribution in [2.24, 2.45) is 0 Å². The van der Waals surface area contributed by atoms with Gasteiger partial charge in [-0.15, -0.1) is 0 Å². The molecule has 2 aromatic rings. The third-order valence-electron chi connectivity index (χ3n) is 3.47. The number of hydrogen-bond acceptors (Lipinski definition) is 2. The zero-order chi connectivity index (χ0) is 15.1. The van der Waals surface area contributed by atoms with E-state index < -0.39 is 0 Å². The SMILES string of the molecule is C/C=C\c1cccc(C(CC(=O)OC)c2ccccc2)c1. The molecule has 2 nitrogen and oxygen atoms in total. The molecule has 0 radical (unpaired) electrons. The van der Waals surface area contributed by atoms with Gasteiger partial charge in [-0.1, -0.05) is 66.7 Å². The molecule has 21 heavy (non-hydrogen) atoms. The van der Waals surface area contributed by atoms with Crippen molar-refractivity contribution >= 4 is 12.0 Å². The highest BCUT2D eigenvalue weighted by Crippen LogP contribution is 2.29. The topological polar surface area (TPSA) is 26.3 Å². The number of allylic oxidation sites excluding steroid dienone is 1. The fourth-order valence-corrected chi connectivity index (χ4v) is 2.44. The lowest BCUT2D eigenvalue weighted by Crippen LogP contribution is -2.10. The van der Waals surface area contributed by atoms with Crippen LogP contribution in [0.2, 0.25) is 0 Å². The molecular formula is C19H20O2. The third-order valence-corrected chi connectivity index (χ3v) is 3.47. The summed E-state index contributed by atoms with van der Waals surface area (Å²) in [6, 6.07) is 18.3. The Morgan fingerprint density at radius 1 is 1.10 bits per heavy atom. The minimum absolute atomic E-state index is 0.0175.